The molecule has 9 heteroatoms. The van der Waals surface area contributed by atoms with Gasteiger partial charge in [0.1, 0.15) is 23.5 Å². The minimum absolute atomic E-state index is 0.203. The van der Waals surface area contributed by atoms with Crippen LogP contribution in [0, 0.1) is 11.3 Å². The van der Waals surface area contributed by atoms with E-state index in [2.05, 4.69) is 20.4 Å². The van der Waals surface area contributed by atoms with Crippen LogP contribution in [-0.4, -0.2) is 43.2 Å². The van der Waals surface area contributed by atoms with Crippen LogP contribution in [0.4, 0.5) is 11.5 Å². The summed E-state index contributed by atoms with van der Waals surface area (Å²) in [4.78, 5) is 27.0. The number of carbonyl (C=O) groups is 2. The summed E-state index contributed by atoms with van der Waals surface area (Å²) >= 11 is 0. The Morgan fingerprint density at radius 3 is 2.73 bits per heavy atom. The molecule has 1 rings (SSSR count). The number of amides is 1. The van der Waals surface area contributed by atoms with Crippen LogP contribution in [-0.2, 0) is 14.3 Å². The number of esters is 1. The number of anilines is 2. The van der Waals surface area contributed by atoms with Crippen molar-refractivity contribution in [2.24, 2.45) is 0 Å². The van der Waals surface area contributed by atoms with E-state index in [0.29, 0.717) is 37.5 Å². The Kier molecular flexibility index (Phi) is 8.70. The molecule has 0 unspecified atom stereocenters. The second-order valence-corrected chi connectivity index (χ2v) is 5.52. The number of hydrogen-bond donors (Lipinski definition) is 3. The molecule has 1 heterocycles. The molecular formula is C17H25N5O4. The lowest BCUT2D eigenvalue weighted by Gasteiger charge is -2.15. The quantitative estimate of drug-likeness (QED) is 0.416. The summed E-state index contributed by atoms with van der Waals surface area (Å²) in [7, 11) is 1.29. The summed E-state index contributed by atoms with van der Waals surface area (Å²) in [5.74, 6) is -0.0273. The van der Waals surface area contributed by atoms with Crippen molar-refractivity contribution in [1.82, 2.24) is 10.3 Å². The minimum Gasteiger partial charge on any atom is -0.477 e. The van der Waals surface area contributed by atoms with Crippen molar-refractivity contribution in [2.45, 2.75) is 39.2 Å². The van der Waals surface area contributed by atoms with E-state index in [1.54, 1.807) is 13.0 Å². The van der Waals surface area contributed by atoms with Gasteiger partial charge >= 0.3 is 5.97 Å². The molecule has 4 N–H and O–H groups in total. The smallest absolute Gasteiger partial charge is 0.328 e. The molecule has 0 bridgehead atoms. The number of aromatic nitrogens is 1. The van der Waals surface area contributed by atoms with Gasteiger partial charge in [-0.15, -0.1) is 0 Å². The van der Waals surface area contributed by atoms with Gasteiger partial charge in [0, 0.05) is 19.5 Å². The van der Waals surface area contributed by atoms with E-state index in [9.17, 15) is 9.59 Å². The third kappa shape index (κ3) is 6.47. The molecule has 0 aliphatic heterocycles. The molecule has 9 nitrogen and oxygen atoms in total. The van der Waals surface area contributed by atoms with Gasteiger partial charge in [-0.3, -0.25) is 4.79 Å². The predicted octanol–water partition coefficient (Wildman–Crippen LogP) is 1.19. The highest BCUT2D eigenvalue weighted by Crippen LogP contribution is 2.25. The van der Waals surface area contributed by atoms with E-state index in [1.807, 2.05) is 6.07 Å². The molecule has 0 aliphatic carbocycles. The molecule has 26 heavy (non-hydrogen) atoms. The fourth-order valence-electron chi connectivity index (χ4n) is 2.31. The number of pyridine rings is 1. The number of nitrogen functional groups attached to an aromatic ring is 1. The van der Waals surface area contributed by atoms with Crippen molar-refractivity contribution in [3.63, 3.8) is 0 Å². The summed E-state index contributed by atoms with van der Waals surface area (Å²) in [5, 5.41) is 14.8. The Balaban J connectivity index is 2.54. The zero-order valence-electron chi connectivity index (χ0n) is 15.3. The van der Waals surface area contributed by atoms with Crippen molar-refractivity contribution in [2.75, 3.05) is 31.3 Å². The van der Waals surface area contributed by atoms with Crippen LogP contribution < -0.4 is 21.1 Å². The van der Waals surface area contributed by atoms with Gasteiger partial charge in [0.25, 0.3) is 0 Å². The molecular weight excluding hydrogens is 338 g/mol. The number of nitrogens with two attached hydrogens (primary N) is 1. The number of nitriles is 1. The minimum atomic E-state index is -0.647. The molecule has 142 valence electrons. The normalized spacial score (nSPS) is 11.2. The van der Waals surface area contributed by atoms with E-state index in [-0.39, 0.29) is 17.4 Å². The van der Waals surface area contributed by atoms with Crippen molar-refractivity contribution < 1.29 is 19.1 Å². The molecule has 0 spiro atoms. The maximum Gasteiger partial charge on any atom is 0.328 e. The average molecular weight is 363 g/mol. The van der Waals surface area contributed by atoms with E-state index in [1.165, 1.54) is 14.0 Å². The van der Waals surface area contributed by atoms with E-state index >= 15 is 0 Å². The third-order valence-electron chi connectivity index (χ3n) is 3.50. The highest BCUT2D eigenvalue weighted by molar-refractivity contribution is 5.83. The van der Waals surface area contributed by atoms with Gasteiger partial charge in [-0.25, -0.2) is 4.79 Å². The lowest BCUT2D eigenvalue weighted by Crippen LogP contribution is -2.40. The summed E-state index contributed by atoms with van der Waals surface area (Å²) in [6, 6.07) is 2.91. The Hall–Kier alpha value is -3.02. The van der Waals surface area contributed by atoms with Gasteiger partial charge in [-0.1, -0.05) is 0 Å². The monoisotopic (exact) mass is 363 g/mol. The number of unbranched alkanes of at least 4 members (excludes halogenated alkanes) is 1. The van der Waals surface area contributed by atoms with Crippen LogP contribution in [0.2, 0.25) is 0 Å². The van der Waals surface area contributed by atoms with E-state index < -0.39 is 12.0 Å². The number of ether oxygens (including phenoxy) is 2. The van der Waals surface area contributed by atoms with Crippen LogP contribution in [0.5, 0.6) is 5.88 Å². The number of rotatable bonds is 10. The number of nitrogens with zero attached hydrogens (tertiary/aromatic N) is 2. The Morgan fingerprint density at radius 1 is 1.42 bits per heavy atom. The summed E-state index contributed by atoms with van der Waals surface area (Å²) in [5.41, 5.74) is 6.37. The molecule has 1 amide bonds. The van der Waals surface area contributed by atoms with Crippen molar-refractivity contribution >= 4 is 23.4 Å². The van der Waals surface area contributed by atoms with Crippen LogP contribution in [0.25, 0.3) is 0 Å². The first kappa shape index (κ1) is 21.0. The molecule has 1 aromatic heterocycles. The lowest BCUT2D eigenvalue weighted by molar-refractivity contribution is -0.145. The molecule has 0 radical (unpaired) electrons. The molecule has 0 aromatic carbocycles. The maximum atomic E-state index is 11.6. The second kappa shape index (κ2) is 10.8. The van der Waals surface area contributed by atoms with Gasteiger partial charge in [-0.2, -0.15) is 10.2 Å². The number of nitrogens with one attached hydrogen (secondary N) is 2. The van der Waals surface area contributed by atoms with Crippen molar-refractivity contribution in [3.8, 4) is 11.9 Å². The van der Waals surface area contributed by atoms with Crippen LogP contribution in [0.15, 0.2) is 6.07 Å². The molecule has 0 aliphatic rings. The second-order valence-electron chi connectivity index (χ2n) is 5.52. The number of methoxy groups -OCH3 is 1. The van der Waals surface area contributed by atoms with Crippen LogP contribution in [0.3, 0.4) is 0 Å². The zero-order valence-corrected chi connectivity index (χ0v) is 15.3. The number of hydrogen-bond acceptors (Lipinski definition) is 8. The summed E-state index contributed by atoms with van der Waals surface area (Å²) < 4.78 is 10.0. The third-order valence-corrected chi connectivity index (χ3v) is 3.50. The largest absolute Gasteiger partial charge is 0.477 e. The van der Waals surface area contributed by atoms with Gasteiger partial charge in [0.2, 0.25) is 11.8 Å². The fraction of sp³-hybridized carbons (Fsp3) is 0.529. The molecule has 0 fully saturated rings. The molecule has 1 aromatic rings. The highest BCUT2D eigenvalue weighted by Gasteiger charge is 2.19. The molecule has 1 atom stereocenters. The van der Waals surface area contributed by atoms with E-state index in [4.69, 9.17) is 15.7 Å². The molecule has 0 saturated heterocycles. The maximum absolute atomic E-state index is 11.6. The van der Waals surface area contributed by atoms with Gasteiger partial charge < -0.3 is 25.8 Å². The zero-order chi connectivity index (χ0) is 19.5. The van der Waals surface area contributed by atoms with Crippen LogP contribution in [0.1, 0.15) is 38.7 Å². The average Bonchev–Trinajstić information content (AvgIpc) is 2.59. The van der Waals surface area contributed by atoms with Gasteiger partial charge in [0.15, 0.2) is 0 Å². The first-order valence-corrected chi connectivity index (χ1v) is 8.35. The highest BCUT2D eigenvalue weighted by atomic mass is 16.5. The Bertz CT molecular complexity index is 672. The number of carbonyl (C=O) groups excluding carboxylic acids is 2. The summed E-state index contributed by atoms with van der Waals surface area (Å²) in [6.07, 6.45) is 1.90. The van der Waals surface area contributed by atoms with Gasteiger partial charge in [0.05, 0.1) is 19.4 Å². The topological polar surface area (TPSA) is 139 Å². The summed E-state index contributed by atoms with van der Waals surface area (Å²) in [6.45, 7) is 4.11. The standard InChI is InChI=1S/C17H25N5O4/c1-4-26-16-12(10-18)13(19)9-15(22-16)20-8-6-5-7-14(17(24)25-3)21-11(2)23/h9,14H,4-8H2,1-3H3,(H,21,23)(H3,19,20,22)/t14-/m1/s1. The Labute approximate surface area is 152 Å². The molecule has 0 saturated carbocycles. The first-order chi connectivity index (χ1) is 12.4. The van der Waals surface area contributed by atoms with Gasteiger partial charge in [-0.05, 0) is 26.2 Å². The van der Waals surface area contributed by atoms with Crippen molar-refractivity contribution in [3.05, 3.63) is 11.6 Å². The van der Waals surface area contributed by atoms with Crippen molar-refractivity contribution in [1.29, 1.82) is 5.26 Å². The van der Waals surface area contributed by atoms with E-state index in [0.717, 1.165) is 6.42 Å². The predicted molar refractivity (Wildman–Crippen MR) is 96.5 cm³/mol. The van der Waals surface area contributed by atoms with Crippen LogP contribution >= 0.6 is 0 Å². The Morgan fingerprint density at radius 2 is 2.15 bits per heavy atom. The fourth-order valence-corrected chi connectivity index (χ4v) is 2.31. The SMILES string of the molecule is CCOc1nc(NCCCC[C@@H](NC(C)=O)C(=O)OC)cc(N)c1C#N. The lowest BCUT2D eigenvalue weighted by atomic mass is 10.1. The first-order valence-electron chi connectivity index (χ1n) is 8.35.